The Balaban J connectivity index is 2.11. The van der Waals surface area contributed by atoms with Crippen LogP contribution in [0.2, 0.25) is 0 Å². The summed E-state index contributed by atoms with van der Waals surface area (Å²) in [6.07, 6.45) is -0.944. The standard InChI is InChI=1S/C12H13NO4/c1-8-3-2-4-9(5-8)10-6-13(7-11(14)15)12(16)17-10/h2-5,10H,6-7H2,1H3,(H,14,15). The van der Waals surface area contributed by atoms with Gasteiger partial charge in [0.2, 0.25) is 0 Å². The van der Waals surface area contributed by atoms with Crippen LogP contribution in [0.15, 0.2) is 24.3 Å². The van der Waals surface area contributed by atoms with Gasteiger partial charge in [0.15, 0.2) is 0 Å². The van der Waals surface area contributed by atoms with Crippen molar-refractivity contribution in [2.75, 3.05) is 13.1 Å². The SMILES string of the molecule is Cc1cccc(C2CN(CC(=O)O)C(=O)O2)c1. The van der Waals surface area contributed by atoms with E-state index in [9.17, 15) is 9.59 Å². The van der Waals surface area contributed by atoms with Crippen molar-refractivity contribution < 1.29 is 19.4 Å². The Labute approximate surface area is 98.6 Å². The fraction of sp³-hybridized carbons (Fsp3) is 0.333. The third kappa shape index (κ3) is 2.55. The number of benzene rings is 1. The van der Waals surface area contributed by atoms with E-state index in [0.717, 1.165) is 11.1 Å². The molecular formula is C12H13NO4. The summed E-state index contributed by atoms with van der Waals surface area (Å²) < 4.78 is 5.14. The maximum absolute atomic E-state index is 11.4. The molecule has 1 aromatic carbocycles. The molecular weight excluding hydrogens is 222 g/mol. The van der Waals surface area contributed by atoms with E-state index >= 15 is 0 Å². The van der Waals surface area contributed by atoms with Crippen LogP contribution in [0.3, 0.4) is 0 Å². The lowest BCUT2D eigenvalue weighted by Crippen LogP contribution is -2.30. The summed E-state index contributed by atoms with van der Waals surface area (Å²) >= 11 is 0. The number of amides is 1. The first-order valence-electron chi connectivity index (χ1n) is 5.30. The highest BCUT2D eigenvalue weighted by atomic mass is 16.6. The second-order valence-electron chi connectivity index (χ2n) is 4.06. The zero-order valence-corrected chi connectivity index (χ0v) is 9.42. The van der Waals surface area contributed by atoms with Crippen molar-refractivity contribution in [2.45, 2.75) is 13.0 Å². The third-order valence-corrected chi connectivity index (χ3v) is 2.63. The van der Waals surface area contributed by atoms with Crippen LogP contribution in [0.25, 0.3) is 0 Å². The van der Waals surface area contributed by atoms with Crippen LogP contribution in [-0.4, -0.2) is 35.2 Å². The average molecular weight is 235 g/mol. The summed E-state index contributed by atoms with van der Waals surface area (Å²) in [6, 6.07) is 7.64. The number of hydrogen-bond donors (Lipinski definition) is 1. The highest BCUT2D eigenvalue weighted by Gasteiger charge is 2.33. The Bertz CT molecular complexity index is 458. The highest BCUT2D eigenvalue weighted by molar-refractivity contribution is 5.78. The van der Waals surface area contributed by atoms with Crippen molar-refractivity contribution in [1.29, 1.82) is 0 Å². The second-order valence-corrected chi connectivity index (χ2v) is 4.06. The highest BCUT2D eigenvalue weighted by Crippen LogP contribution is 2.26. The molecule has 0 aliphatic carbocycles. The minimum absolute atomic E-state index is 0.286. The number of aliphatic carboxylic acids is 1. The monoisotopic (exact) mass is 235 g/mol. The van der Waals surface area contributed by atoms with Gasteiger partial charge >= 0.3 is 12.1 Å². The number of carboxylic acid groups (broad SMARTS) is 1. The quantitative estimate of drug-likeness (QED) is 0.863. The minimum atomic E-state index is -1.04. The van der Waals surface area contributed by atoms with Crippen molar-refractivity contribution in [3.63, 3.8) is 0 Å². The molecule has 0 radical (unpaired) electrons. The van der Waals surface area contributed by atoms with E-state index < -0.39 is 12.1 Å². The van der Waals surface area contributed by atoms with Gasteiger partial charge < -0.3 is 9.84 Å². The Kier molecular flexibility index (Phi) is 2.99. The Morgan fingerprint density at radius 3 is 3.00 bits per heavy atom. The normalized spacial score (nSPS) is 19.2. The number of ether oxygens (including phenoxy) is 1. The summed E-state index contributed by atoms with van der Waals surface area (Å²) in [5, 5.41) is 8.64. The Morgan fingerprint density at radius 2 is 2.35 bits per heavy atom. The Morgan fingerprint density at radius 1 is 1.59 bits per heavy atom. The fourth-order valence-electron chi connectivity index (χ4n) is 1.84. The van der Waals surface area contributed by atoms with Crippen LogP contribution in [0.4, 0.5) is 4.79 Å². The molecule has 0 bridgehead atoms. The molecule has 1 atom stereocenters. The van der Waals surface area contributed by atoms with Gasteiger partial charge in [-0.2, -0.15) is 0 Å². The molecule has 0 saturated carbocycles. The molecule has 1 aromatic rings. The van der Waals surface area contributed by atoms with E-state index in [2.05, 4.69) is 0 Å². The number of carboxylic acids is 1. The van der Waals surface area contributed by atoms with E-state index in [0.29, 0.717) is 0 Å². The molecule has 1 heterocycles. The molecule has 1 fully saturated rings. The average Bonchev–Trinajstić information content (AvgIpc) is 2.59. The molecule has 5 nitrogen and oxygen atoms in total. The molecule has 2 rings (SSSR count). The molecule has 0 spiro atoms. The molecule has 1 N–H and O–H groups in total. The fourth-order valence-corrected chi connectivity index (χ4v) is 1.84. The summed E-state index contributed by atoms with van der Waals surface area (Å²) in [6.45, 7) is 1.92. The Hall–Kier alpha value is -2.04. The molecule has 1 aliphatic rings. The van der Waals surface area contributed by atoms with Gasteiger partial charge in [-0.1, -0.05) is 29.8 Å². The van der Waals surface area contributed by atoms with Gasteiger partial charge in [-0.15, -0.1) is 0 Å². The lowest BCUT2D eigenvalue weighted by atomic mass is 10.1. The van der Waals surface area contributed by atoms with Crippen LogP contribution >= 0.6 is 0 Å². The zero-order chi connectivity index (χ0) is 12.4. The predicted molar refractivity (Wildman–Crippen MR) is 59.6 cm³/mol. The van der Waals surface area contributed by atoms with Crippen LogP contribution < -0.4 is 0 Å². The molecule has 90 valence electrons. The van der Waals surface area contributed by atoms with Gasteiger partial charge in [0.05, 0.1) is 6.54 Å². The number of hydrogen-bond acceptors (Lipinski definition) is 3. The molecule has 1 aliphatic heterocycles. The van der Waals surface area contributed by atoms with E-state index in [4.69, 9.17) is 9.84 Å². The maximum Gasteiger partial charge on any atom is 0.411 e. The minimum Gasteiger partial charge on any atom is -0.480 e. The second kappa shape index (κ2) is 4.45. The van der Waals surface area contributed by atoms with E-state index in [-0.39, 0.29) is 19.2 Å². The van der Waals surface area contributed by atoms with Gasteiger partial charge in [0.25, 0.3) is 0 Å². The first-order chi connectivity index (χ1) is 8.06. The number of cyclic esters (lactones) is 1. The lowest BCUT2D eigenvalue weighted by molar-refractivity contribution is -0.137. The van der Waals surface area contributed by atoms with Crippen LogP contribution in [0, 0.1) is 6.92 Å². The van der Waals surface area contributed by atoms with Crippen molar-refractivity contribution in [1.82, 2.24) is 4.90 Å². The van der Waals surface area contributed by atoms with Gasteiger partial charge in [-0.25, -0.2) is 4.79 Å². The van der Waals surface area contributed by atoms with Crippen LogP contribution in [-0.2, 0) is 9.53 Å². The van der Waals surface area contributed by atoms with E-state index in [1.165, 1.54) is 4.90 Å². The van der Waals surface area contributed by atoms with Crippen LogP contribution in [0.5, 0.6) is 0 Å². The maximum atomic E-state index is 11.4. The number of carbonyl (C=O) groups excluding carboxylic acids is 1. The van der Waals surface area contributed by atoms with Gasteiger partial charge in [0, 0.05) is 0 Å². The summed E-state index contributed by atoms with van der Waals surface area (Å²) in [4.78, 5) is 23.2. The van der Waals surface area contributed by atoms with Crippen molar-refractivity contribution in [2.24, 2.45) is 0 Å². The first kappa shape index (κ1) is 11.4. The molecule has 5 heteroatoms. The molecule has 17 heavy (non-hydrogen) atoms. The molecule has 1 unspecified atom stereocenters. The summed E-state index contributed by atoms with van der Waals surface area (Å²) in [5.41, 5.74) is 1.97. The topological polar surface area (TPSA) is 66.8 Å². The summed E-state index contributed by atoms with van der Waals surface area (Å²) in [7, 11) is 0. The number of rotatable bonds is 3. The smallest absolute Gasteiger partial charge is 0.411 e. The first-order valence-corrected chi connectivity index (χ1v) is 5.30. The molecule has 1 amide bonds. The van der Waals surface area contributed by atoms with Gasteiger partial charge in [0.1, 0.15) is 12.6 Å². The van der Waals surface area contributed by atoms with E-state index in [1.807, 2.05) is 31.2 Å². The van der Waals surface area contributed by atoms with Crippen molar-refractivity contribution >= 4 is 12.1 Å². The van der Waals surface area contributed by atoms with Crippen molar-refractivity contribution in [3.05, 3.63) is 35.4 Å². The number of nitrogens with zero attached hydrogens (tertiary/aromatic N) is 1. The predicted octanol–water partition coefficient (Wildman–Crippen LogP) is 1.57. The molecule has 1 saturated heterocycles. The number of aryl methyl sites for hydroxylation is 1. The third-order valence-electron chi connectivity index (χ3n) is 2.63. The van der Waals surface area contributed by atoms with Crippen molar-refractivity contribution in [3.8, 4) is 0 Å². The number of carbonyl (C=O) groups is 2. The summed E-state index contributed by atoms with van der Waals surface area (Å²) in [5.74, 6) is -1.04. The zero-order valence-electron chi connectivity index (χ0n) is 9.42. The lowest BCUT2D eigenvalue weighted by Gasteiger charge is -2.10. The van der Waals surface area contributed by atoms with Crippen LogP contribution in [0.1, 0.15) is 17.2 Å². The van der Waals surface area contributed by atoms with Gasteiger partial charge in [-0.05, 0) is 12.5 Å². The largest absolute Gasteiger partial charge is 0.480 e. The van der Waals surface area contributed by atoms with E-state index in [1.54, 1.807) is 0 Å². The molecule has 0 aromatic heterocycles. The van der Waals surface area contributed by atoms with Gasteiger partial charge in [-0.3, -0.25) is 9.69 Å².